The summed E-state index contributed by atoms with van der Waals surface area (Å²) in [5.74, 6) is 0.623. The number of carbonyl (C=O) groups excluding carboxylic acids is 1. The zero-order valence-electron chi connectivity index (χ0n) is 9.04. The summed E-state index contributed by atoms with van der Waals surface area (Å²) in [4.78, 5) is 13.7. The van der Waals surface area contributed by atoms with Crippen LogP contribution in [0.3, 0.4) is 0 Å². The van der Waals surface area contributed by atoms with Gasteiger partial charge in [-0.1, -0.05) is 27.5 Å². The smallest absolute Gasteiger partial charge is 0.227 e. The van der Waals surface area contributed by atoms with E-state index in [0.717, 1.165) is 23.1 Å². The van der Waals surface area contributed by atoms with Crippen molar-refractivity contribution < 1.29 is 4.79 Å². The lowest BCUT2D eigenvalue weighted by atomic mass is 10.1. The van der Waals surface area contributed by atoms with Crippen molar-refractivity contribution in [2.24, 2.45) is 5.92 Å². The van der Waals surface area contributed by atoms with E-state index in [1.54, 1.807) is 0 Å². The summed E-state index contributed by atoms with van der Waals surface area (Å²) in [6, 6.07) is 5.65. The normalized spacial score (nSPS) is 20.6. The molecule has 1 heterocycles. The summed E-state index contributed by atoms with van der Waals surface area (Å²) >= 11 is 9.34. The Labute approximate surface area is 109 Å². The quantitative estimate of drug-likeness (QED) is 0.767. The lowest BCUT2D eigenvalue weighted by molar-refractivity contribution is -0.117. The molecule has 2 nitrogen and oxygen atoms in total. The van der Waals surface area contributed by atoms with Gasteiger partial charge in [0.1, 0.15) is 0 Å². The van der Waals surface area contributed by atoms with E-state index in [0.29, 0.717) is 17.4 Å². The van der Waals surface area contributed by atoms with Gasteiger partial charge in [-0.2, -0.15) is 0 Å². The molecule has 1 atom stereocenters. The first-order chi connectivity index (χ1) is 7.61. The maximum atomic E-state index is 11.9. The van der Waals surface area contributed by atoms with Crippen LogP contribution in [0.4, 0.5) is 5.69 Å². The molecule has 0 aromatic heterocycles. The van der Waals surface area contributed by atoms with Crippen LogP contribution >= 0.6 is 27.5 Å². The Morgan fingerprint density at radius 2 is 2.31 bits per heavy atom. The standard InChI is InChI=1S/C12H13BrClNO/c1-8-4-10(14)2-3-11(8)15-7-9(6-13)5-12(15)16/h2-4,9H,5-7H2,1H3. The number of hydrogen-bond acceptors (Lipinski definition) is 1. The van der Waals surface area contributed by atoms with Gasteiger partial charge in [-0.05, 0) is 36.6 Å². The molecule has 86 valence electrons. The molecule has 1 amide bonds. The fraction of sp³-hybridized carbons (Fsp3) is 0.417. The molecule has 0 radical (unpaired) electrons. The van der Waals surface area contributed by atoms with Crippen LogP contribution in [0.1, 0.15) is 12.0 Å². The van der Waals surface area contributed by atoms with Crippen molar-refractivity contribution in [1.29, 1.82) is 0 Å². The SMILES string of the molecule is Cc1cc(Cl)ccc1N1CC(CBr)CC1=O. The molecule has 0 N–H and O–H groups in total. The van der Waals surface area contributed by atoms with Crippen LogP contribution in [-0.2, 0) is 4.79 Å². The number of rotatable bonds is 2. The largest absolute Gasteiger partial charge is 0.312 e. The molecule has 1 unspecified atom stereocenters. The maximum Gasteiger partial charge on any atom is 0.227 e. The highest BCUT2D eigenvalue weighted by Gasteiger charge is 2.30. The molecule has 1 aromatic rings. The number of hydrogen-bond donors (Lipinski definition) is 0. The Balaban J connectivity index is 2.28. The van der Waals surface area contributed by atoms with Gasteiger partial charge in [0, 0.05) is 29.0 Å². The first kappa shape index (κ1) is 11.9. The van der Waals surface area contributed by atoms with Crippen molar-refractivity contribution in [3.63, 3.8) is 0 Å². The van der Waals surface area contributed by atoms with E-state index in [-0.39, 0.29) is 5.91 Å². The summed E-state index contributed by atoms with van der Waals surface area (Å²) < 4.78 is 0. The lowest BCUT2D eigenvalue weighted by Gasteiger charge is -2.19. The van der Waals surface area contributed by atoms with Gasteiger partial charge in [0.2, 0.25) is 5.91 Å². The molecule has 0 aliphatic carbocycles. The minimum atomic E-state index is 0.204. The topological polar surface area (TPSA) is 20.3 Å². The predicted molar refractivity (Wildman–Crippen MR) is 70.4 cm³/mol. The van der Waals surface area contributed by atoms with E-state index in [9.17, 15) is 4.79 Å². The van der Waals surface area contributed by atoms with Crippen LogP contribution in [0, 0.1) is 12.8 Å². The second kappa shape index (κ2) is 4.76. The van der Waals surface area contributed by atoms with Crippen molar-refractivity contribution in [3.05, 3.63) is 28.8 Å². The van der Waals surface area contributed by atoms with Crippen LogP contribution in [0.2, 0.25) is 5.02 Å². The number of carbonyl (C=O) groups is 1. The van der Waals surface area contributed by atoms with Crippen molar-refractivity contribution in [1.82, 2.24) is 0 Å². The third kappa shape index (κ3) is 2.25. The summed E-state index contributed by atoms with van der Waals surface area (Å²) in [7, 11) is 0. The number of nitrogens with zero attached hydrogens (tertiary/aromatic N) is 1. The van der Waals surface area contributed by atoms with Gasteiger partial charge in [0.25, 0.3) is 0 Å². The molecule has 0 spiro atoms. The second-order valence-electron chi connectivity index (χ2n) is 4.16. The van der Waals surface area contributed by atoms with Crippen LogP contribution in [-0.4, -0.2) is 17.8 Å². The fourth-order valence-corrected chi connectivity index (χ4v) is 2.70. The van der Waals surface area contributed by atoms with Crippen molar-refractivity contribution in [2.45, 2.75) is 13.3 Å². The highest BCUT2D eigenvalue weighted by Crippen LogP contribution is 2.30. The number of anilines is 1. The molecule has 0 saturated carbocycles. The zero-order chi connectivity index (χ0) is 11.7. The van der Waals surface area contributed by atoms with Crippen LogP contribution in [0.15, 0.2) is 18.2 Å². The van der Waals surface area contributed by atoms with E-state index >= 15 is 0 Å². The summed E-state index contributed by atoms with van der Waals surface area (Å²) in [6.45, 7) is 2.78. The molecule has 1 aliphatic heterocycles. The molecule has 2 rings (SSSR count). The van der Waals surface area contributed by atoms with E-state index in [4.69, 9.17) is 11.6 Å². The maximum absolute atomic E-state index is 11.9. The van der Waals surface area contributed by atoms with Gasteiger partial charge in [-0.15, -0.1) is 0 Å². The van der Waals surface area contributed by atoms with Gasteiger partial charge in [-0.25, -0.2) is 0 Å². The summed E-state index contributed by atoms with van der Waals surface area (Å²) in [5.41, 5.74) is 2.04. The summed E-state index contributed by atoms with van der Waals surface area (Å²) in [5, 5.41) is 1.59. The third-order valence-electron chi connectivity index (χ3n) is 2.87. The van der Waals surface area contributed by atoms with Gasteiger partial charge >= 0.3 is 0 Å². The highest BCUT2D eigenvalue weighted by atomic mass is 79.9. The van der Waals surface area contributed by atoms with Gasteiger partial charge in [0.15, 0.2) is 0 Å². The molecule has 16 heavy (non-hydrogen) atoms. The molecule has 0 bridgehead atoms. The van der Waals surface area contributed by atoms with E-state index in [1.807, 2.05) is 30.0 Å². The van der Waals surface area contributed by atoms with Crippen LogP contribution < -0.4 is 4.90 Å². The highest BCUT2D eigenvalue weighted by molar-refractivity contribution is 9.09. The summed E-state index contributed by atoms with van der Waals surface area (Å²) in [6.07, 6.45) is 0.632. The van der Waals surface area contributed by atoms with Crippen LogP contribution in [0.25, 0.3) is 0 Å². The third-order valence-corrected chi connectivity index (χ3v) is 4.02. The van der Waals surface area contributed by atoms with E-state index in [2.05, 4.69) is 15.9 Å². The fourth-order valence-electron chi connectivity index (χ4n) is 2.04. The van der Waals surface area contributed by atoms with Crippen LogP contribution in [0.5, 0.6) is 0 Å². The Morgan fingerprint density at radius 1 is 1.56 bits per heavy atom. The number of halogens is 2. The first-order valence-electron chi connectivity index (χ1n) is 5.24. The Morgan fingerprint density at radius 3 is 2.88 bits per heavy atom. The van der Waals surface area contributed by atoms with Crippen molar-refractivity contribution >= 4 is 39.1 Å². The zero-order valence-corrected chi connectivity index (χ0v) is 11.4. The first-order valence-corrected chi connectivity index (χ1v) is 6.74. The molecule has 1 fully saturated rings. The number of aryl methyl sites for hydroxylation is 1. The van der Waals surface area contributed by atoms with Gasteiger partial charge < -0.3 is 4.90 Å². The Kier molecular flexibility index (Phi) is 3.55. The minimum Gasteiger partial charge on any atom is -0.312 e. The molecule has 1 saturated heterocycles. The Bertz CT molecular complexity index is 421. The average Bonchev–Trinajstić information content (AvgIpc) is 2.60. The van der Waals surface area contributed by atoms with E-state index in [1.165, 1.54) is 0 Å². The van der Waals surface area contributed by atoms with Crippen molar-refractivity contribution in [2.75, 3.05) is 16.8 Å². The predicted octanol–water partition coefficient (Wildman–Crippen LogP) is 3.40. The van der Waals surface area contributed by atoms with Gasteiger partial charge in [-0.3, -0.25) is 4.79 Å². The second-order valence-corrected chi connectivity index (χ2v) is 5.24. The molecule has 4 heteroatoms. The number of alkyl halides is 1. The molecule has 1 aliphatic rings. The molecular weight excluding hydrogens is 289 g/mol. The Hall–Kier alpha value is -0.540. The monoisotopic (exact) mass is 301 g/mol. The molecular formula is C12H13BrClNO. The van der Waals surface area contributed by atoms with E-state index < -0.39 is 0 Å². The lowest BCUT2D eigenvalue weighted by Crippen LogP contribution is -2.25. The average molecular weight is 303 g/mol. The van der Waals surface area contributed by atoms with Gasteiger partial charge in [0.05, 0.1) is 0 Å². The van der Waals surface area contributed by atoms with Crippen molar-refractivity contribution in [3.8, 4) is 0 Å². The number of amides is 1. The number of benzene rings is 1. The molecule has 1 aromatic carbocycles. The minimum absolute atomic E-state index is 0.204.